The molecule has 0 fully saturated rings. The zero-order chi connectivity index (χ0) is 15.3. The summed E-state index contributed by atoms with van der Waals surface area (Å²) in [5.74, 6) is 0.700. The third-order valence-corrected chi connectivity index (χ3v) is 4.39. The second-order valence-corrected chi connectivity index (χ2v) is 5.97. The van der Waals surface area contributed by atoms with Crippen molar-refractivity contribution in [3.63, 3.8) is 0 Å². The molecule has 4 heterocycles. The van der Waals surface area contributed by atoms with E-state index < -0.39 is 0 Å². The molecule has 4 rings (SSSR count). The molecule has 0 N–H and O–H groups in total. The molecule has 112 valence electrons. The molecule has 22 heavy (non-hydrogen) atoms. The van der Waals surface area contributed by atoms with Crippen molar-refractivity contribution >= 4 is 16.3 Å². The lowest BCUT2D eigenvalue weighted by atomic mass is 10.3. The average molecular weight is 314 g/mol. The van der Waals surface area contributed by atoms with Gasteiger partial charge in [0, 0.05) is 26.0 Å². The maximum atomic E-state index is 4.66. The summed E-state index contributed by atoms with van der Waals surface area (Å²) in [6.45, 7) is 4.90. The van der Waals surface area contributed by atoms with Gasteiger partial charge in [-0.25, -0.2) is 0 Å². The van der Waals surface area contributed by atoms with E-state index in [0.717, 1.165) is 33.3 Å². The Hall–Kier alpha value is -2.55. The monoisotopic (exact) mass is 314 g/mol. The predicted molar refractivity (Wildman–Crippen MR) is 82.5 cm³/mol. The van der Waals surface area contributed by atoms with Crippen LogP contribution >= 0.6 is 11.3 Å². The molecule has 0 aliphatic carbocycles. The van der Waals surface area contributed by atoms with Gasteiger partial charge in [-0.3, -0.25) is 9.36 Å². The van der Waals surface area contributed by atoms with Crippen LogP contribution in [0.5, 0.6) is 0 Å². The van der Waals surface area contributed by atoms with E-state index in [1.54, 1.807) is 15.4 Å². The summed E-state index contributed by atoms with van der Waals surface area (Å²) in [7, 11) is 1.87. The fraction of sp³-hybridized carbons (Fsp3) is 0.308. The molecule has 0 aliphatic heterocycles. The highest BCUT2D eigenvalue weighted by Crippen LogP contribution is 2.29. The number of aromatic nitrogens is 8. The van der Waals surface area contributed by atoms with E-state index in [1.165, 1.54) is 11.3 Å². The number of nitrogens with zero attached hydrogens (tertiary/aromatic N) is 8. The van der Waals surface area contributed by atoms with Crippen LogP contribution in [0.25, 0.3) is 26.9 Å². The standard InChI is InChI=1S/C13H14N8S/c1-4-20-7-10(8(2)17-20)12-18-21-11(15-16-13(21)22-12)9-5-14-19(3)6-9/h5-7H,4H2,1-3H3. The molecule has 4 aromatic rings. The van der Waals surface area contributed by atoms with E-state index >= 15 is 0 Å². The van der Waals surface area contributed by atoms with Crippen LogP contribution in [-0.2, 0) is 13.6 Å². The molecule has 0 bridgehead atoms. The van der Waals surface area contributed by atoms with Crippen molar-refractivity contribution in [3.8, 4) is 22.0 Å². The Morgan fingerprint density at radius 1 is 1.18 bits per heavy atom. The first-order chi connectivity index (χ1) is 10.7. The topological polar surface area (TPSA) is 78.7 Å². The summed E-state index contributed by atoms with van der Waals surface area (Å²) < 4.78 is 5.41. The number of hydrogen-bond donors (Lipinski definition) is 0. The van der Waals surface area contributed by atoms with Crippen LogP contribution in [0.4, 0.5) is 0 Å². The largest absolute Gasteiger partial charge is 0.275 e. The van der Waals surface area contributed by atoms with E-state index in [-0.39, 0.29) is 0 Å². The fourth-order valence-corrected chi connectivity index (χ4v) is 3.23. The summed E-state index contributed by atoms with van der Waals surface area (Å²) in [6.07, 6.45) is 5.68. The predicted octanol–water partition coefficient (Wildman–Crippen LogP) is 1.78. The van der Waals surface area contributed by atoms with Crippen LogP contribution in [0.1, 0.15) is 12.6 Å². The lowest BCUT2D eigenvalue weighted by Gasteiger charge is -1.92. The highest BCUT2D eigenvalue weighted by Gasteiger charge is 2.17. The van der Waals surface area contributed by atoms with Gasteiger partial charge in [0.1, 0.15) is 0 Å². The second-order valence-electron chi connectivity index (χ2n) is 5.01. The molecule has 0 saturated carbocycles. The van der Waals surface area contributed by atoms with Gasteiger partial charge in [-0.1, -0.05) is 11.3 Å². The van der Waals surface area contributed by atoms with Gasteiger partial charge < -0.3 is 0 Å². The molecule has 0 aromatic carbocycles. The Morgan fingerprint density at radius 2 is 2.05 bits per heavy atom. The first-order valence-corrected chi connectivity index (χ1v) is 7.73. The van der Waals surface area contributed by atoms with E-state index in [4.69, 9.17) is 0 Å². The highest BCUT2D eigenvalue weighted by molar-refractivity contribution is 7.19. The molecule has 0 unspecified atom stereocenters. The van der Waals surface area contributed by atoms with Gasteiger partial charge in [-0.05, 0) is 13.8 Å². The normalized spacial score (nSPS) is 11.6. The maximum Gasteiger partial charge on any atom is 0.235 e. The summed E-state index contributed by atoms with van der Waals surface area (Å²) in [6, 6.07) is 0. The first kappa shape index (κ1) is 13.1. The molecule has 0 amide bonds. The number of aryl methyl sites for hydroxylation is 3. The molecule has 0 atom stereocenters. The van der Waals surface area contributed by atoms with Crippen LogP contribution in [0, 0.1) is 6.92 Å². The second kappa shape index (κ2) is 4.73. The van der Waals surface area contributed by atoms with Crippen molar-refractivity contribution in [3.05, 3.63) is 24.3 Å². The summed E-state index contributed by atoms with van der Waals surface area (Å²) in [4.78, 5) is 0.762. The third-order valence-electron chi connectivity index (χ3n) is 3.45. The van der Waals surface area contributed by atoms with Gasteiger partial charge in [0.15, 0.2) is 10.8 Å². The van der Waals surface area contributed by atoms with E-state index in [2.05, 4.69) is 32.4 Å². The van der Waals surface area contributed by atoms with Gasteiger partial charge in [0.05, 0.1) is 23.0 Å². The molecule has 9 heteroatoms. The van der Waals surface area contributed by atoms with Crippen molar-refractivity contribution in [2.75, 3.05) is 0 Å². The Kier molecular flexibility index (Phi) is 2.83. The van der Waals surface area contributed by atoms with Crippen molar-refractivity contribution in [2.24, 2.45) is 7.05 Å². The van der Waals surface area contributed by atoms with Crippen LogP contribution in [0.15, 0.2) is 18.6 Å². The summed E-state index contributed by atoms with van der Waals surface area (Å²) in [5.41, 5.74) is 2.90. The minimum Gasteiger partial charge on any atom is -0.275 e. The van der Waals surface area contributed by atoms with Gasteiger partial charge in [-0.15, -0.1) is 10.2 Å². The molecular formula is C13H14N8S. The molecule has 0 saturated heterocycles. The van der Waals surface area contributed by atoms with Crippen LogP contribution in [0.2, 0.25) is 0 Å². The quantitative estimate of drug-likeness (QED) is 0.576. The van der Waals surface area contributed by atoms with Gasteiger partial charge >= 0.3 is 0 Å². The first-order valence-electron chi connectivity index (χ1n) is 6.91. The molecule has 0 radical (unpaired) electrons. The number of rotatable bonds is 3. The zero-order valence-electron chi connectivity index (χ0n) is 12.4. The molecule has 0 aliphatic rings. The van der Waals surface area contributed by atoms with Gasteiger partial charge in [0.25, 0.3) is 0 Å². The third kappa shape index (κ3) is 1.93. The van der Waals surface area contributed by atoms with E-state index in [9.17, 15) is 0 Å². The van der Waals surface area contributed by atoms with E-state index in [1.807, 2.05) is 31.0 Å². The van der Waals surface area contributed by atoms with Gasteiger partial charge in [0.2, 0.25) is 4.96 Å². The Balaban J connectivity index is 1.84. The van der Waals surface area contributed by atoms with Gasteiger partial charge in [-0.2, -0.15) is 19.8 Å². The molecule has 0 spiro atoms. The smallest absolute Gasteiger partial charge is 0.235 e. The summed E-state index contributed by atoms with van der Waals surface area (Å²) >= 11 is 1.51. The van der Waals surface area contributed by atoms with E-state index in [0.29, 0.717) is 5.82 Å². The SMILES string of the molecule is CCn1cc(-c2nn3c(-c4cnn(C)c4)nnc3s2)c(C)n1. The number of hydrogen-bond acceptors (Lipinski definition) is 6. The van der Waals surface area contributed by atoms with Crippen molar-refractivity contribution in [1.29, 1.82) is 0 Å². The zero-order valence-corrected chi connectivity index (χ0v) is 13.2. The fourth-order valence-electron chi connectivity index (χ4n) is 2.33. The Bertz CT molecular complexity index is 956. The number of fused-ring (bicyclic) bond motifs is 1. The van der Waals surface area contributed by atoms with Crippen molar-refractivity contribution in [1.82, 2.24) is 39.4 Å². The average Bonchev–Trinajstić information content (AvgIpc) is 3.21. The maximum absolute atomic E-state index is 4.66. The minimum atomic E-state index is 0.700. The lowest BCUT2D eigenvalue weighted by molar-refractivity contribution is 0.653. The van der Waals surface area contributed by atoms with Crippen LogP contribution in [-0.4, -0.2) is 39.4 Å². The minimum absolute atomic E-state index is 0.700. The Labute approximate surface area is 130 Å². The van der Waals surface area contributed by atoms with Crippen molar-refractivity contribution < 1.29 is 0 Å². The van der Waals surface area contributed by atoms with Crippen molar-refractivity contribution in [2.45, 2.75) is 20.4 Å². The highest BCUT2D eigenvalue weighted by atomic mass is 32.1. The summed E-state index contributed by atoms with van der Waals surface area (Å²) in [5, 5.41) is 22.6. The molecular weight excluding hydrogens is 300 g/mol. The lowest BCUT2D eigenvalue weighted by Crippen LogP contribution is -1.93. The molecule has 4 aromatic heterocycles. The Morgan fingerprint density at radius 3 is 2.73 bits per heavy atom. The van der Waals surface area contributed by atoms with Crippen LogP contribution < -0.4 is 0 Å². The van der Waals surface area contributed by atoms with Crippen LogP contribution in [0.3, 0.4) is 0 Å². The molecule has 8 nitrogen and oxygen atoms in total.